The van der Waals surface area contributed by atoms with E-state index < -0.39 is 0 Å². The maximum atomic E-state index is 12.8. The number of para-hydroxylation sites is 1. The minimum atomic E-state index is -0.0957. The molecule has 3 heterocycles. The minimum absolute atomic E-state index is 0.0957. The van der Waals surface area contributed by atoms with Gasteiger partial charge in [0.15, 0.2) is 0 Å². The van der Waals surface area contributed by atoms with Crippen LogP contribution in [0.25, 0.3) is 0 Å². The Morgan fingerprint density at radius 1 is 1.29 bits per heavy atom. The summed E-state index contributed by atoms with van der Waals surface area (Å²) >= 11 is 5.13. The number of hydrogen-bond donors (Lipinski definition) is 0. The molecule has 0 aliphatic carbocycles. The van der Waals surface area contributed by atoms with Crippen LogP contribution in [0.15, 0.2) is 40.7 Å². The van der Waals surface area contributed by atoms with Crippen molar-refractivity contribution in [3.8, 4) is 0 Å². The van der Waals surface area contributed by atoms with Crippen molar-refractivity contribution >= 4 is 50.8 Å². The van der Waals surface area contributed by atoms with Crippen molar-refractivity contribution in [3.63, 3.8) is 0 Å². The van der Waals surface area contributed by atoms with Crippen molar-refractivity contribution < 1.29 is 4.79 Å². The van der Waals surface area contributed by atoms with E-state index in [0.29, 0.717) is 0 Å². The molecule has 2 aliphatic heterocycles. The van der Waals surface area contributed by atoms with Crippen LogP contribution in [0.5, 0.6) is 0 Å². The van der Waals surface area contributed by atoms with Gasteiger partial charge in [0.25, 0.3) is 0 Å². The van der Waals surface area contributed by atoms with Crippen molar-refractivity contribution in [2.75, 3.05) is 6.54 Å². The lowest BCUT2D eigenvalue weighted by atomic mass is 10.1. The third-order valence-electron chi connectivity index (χ3n) is 4.30. The van der Waals surface area contributed by atoms with Crippen LogP contribution in [0, 0.1) is 0 Å². The maximum absolute atomic E-state index is 12.8. The Hall–Kier alpha value is -1.24. The van der Waals surface area contributed by atoms with E-state index in [1.54, 1.807) is 34.9 Å². The van der Waals surface area contributed by atoms with Crippen molar-refractivity contribution in [2.45, 2.75) is 30.9 Å². The number of amides is 1. The molecule has 1 amide bonds. The largest absolute Gasteiger partial charge is 0.337 e. The molecule has 0 spiro atoms. The number of carbonyl (C=O) groups excluding carboxylic acids is 1. The highest BCUT2D eigenvalue weighted by atomic mass is 32.2. The smallest absolute Gasteiger partial charge is 0.236 e. The molecule has 3 nitrogen and oxygen atoms in total. The molecule has 2 aromatic rings. The first-order valence-corrected chi connectivity index (χ1v) is 10.8. The monoisotopic (exact) mass is 374 g/mol. The molecule has 124 valence electrons. The standard InChI is InChI=1S/C18H18N2OS3/c1-12(17(21)20-8-6-16-13(10-20)7-9-22-16)24-18-19-15-5-3-2-4-14(15)11-23-18/h2-5,7,9,12H,6,8,10-11H2,1H3/t12-/m0/s1. The maximum Gasteiger partial charge on any atom is 0.236 e. The summed E-state index contributed by atoms with van der Waals surface area (Å²) in [6.45, 7) is 3.59. The van der Waals surface area contributed by atoms with Crippen LogP contribution in [0.2, 0.25) is 0 Å². The molecule has 0 saturated heterocycles. The third kappa shape index (κ3) is 3.27. The second-order valence-corrected chi connectivity index (χ2v) is 9.49. The molecule has 0 unspecified atom stereocenters. The summed E-state index contributed by atoms with van der Waals surface area (Å²) in [7, 11) is 0. The third-order valence-corrected chi connectivity index (χ3v) is 7.61. The first kappa shape index (κ1) is 16.2. The molecule has 1 atom stereocenters. The SMILES string of the molecule is C[C@H](SC1=Nc2ccccc2CS1)C(=O)N1CCc2sccc2C1. The zero-order chi connectivity index (χ0) is 16.5. The lowest BCUT2D eigenvalue weighted by Crippen LogP contribution is -2.40. The Morgan fingerprint density at radius 3 is 3.08 bits per heavy atom. The molecule has 0 fully saturated rings. The van der Waals surface area contributed by atoms with E-state index in [0.717, 1.165) is 35.3 Å². The van der Waals surface area contributed by atoms with Crippen LogP contribution in [-0.2, 0) is 23.5 Å². The summed E-state index contributed by atoms with van der Waals surface area (Å²) in [5.74, 6) is 1.16. The normalized spacial score (nSPS) is 17.7. The summed E-state index contributed by atoms with van der Waals surface area (Å²) < 4.78 is 1.00. The molecule has 1 aromatic carbocycles. The van der Waals surface area contributed by atoms with Gasteiger partial charge in [-0.05, 0) is 42.0 Å². The number of benzene rings is 1. The first-order chi connectivity index (χ1) is 11.7. The van der Waals surface area contributed by atoms with E-state index in [1.165, 1.54) is 16.0 Å². The molecule has 2 aliphatic rings. The average Bonchev–Trinajstić information content (AvgIpc) is 3.08. The van der Waals surface area contributed by atoms with Crippen LogP contribution in [-0.4, -0.2) is 27.0 Å². The van der Waals surface area contributed by atoms with Gasteiger partial charge in [-0.15, -0.1) is 11.3 Å². The number of fused-ring (bicyclic) bond motifs is 2. The average molecular weight is 375 g/mol. The van der Waals surface area contributed by atoms with E-state index in [4.69, 9.17) is 4.99 Å². The van der Waals surface area contributed by atoms with Gasteiger partial charge in [-0.25, -0.2) is 4.99 Å². The highest BCUT2D eigenvalue weighted by Gasteiger charge is 2.27. The number of nitrogens with zero attached hydrogens (tertiary/aromatic N) is 2. The fourth-order valence-corrected chi connectivity index (χ4v) is 6.13. The first-order valence-electron chi connectivity index (χ1n) is 8.01. The number of thioether (sulfide) groups is 2. The Bertz CT molecular complexity index is 799. The molecular formula is C18H18N2OS3. The number of hydrogen-bond acceptors (Lipinski definition) is 5. The minimum Gasteiger partial charge on any atom is -0.337 e. The fraction of sp³-hybridized carbons (Fsp3) is 0.333. The van der Waals surface area contributed by atoms with Crippen LogP contribution in [0.3, 0.4) is 0 Å². The summed E-state index contributed by atoms with van der Waals surface area (Å²) in [6, 6.07) is 10.4. The molecular weight excluding hydrogens is 356 g/mol. The van der Waals surface area contributed by atoms with Gasteiger partial charge in [0.2, 0.25) is 5.91 Å². The van der Waals surface area contributed by atoms with Gasteiger partial charge in [0.1, 0.15) is 4.38 Å². The molecule has 4 rings (SSSR count). The van der Waals surface area contributed by atoms with Crippen LogP contribution >= 0.6 is 34.9 Å². The fourth-order valence-electron chi connectivity index (χ4n) is 2.97. The molecule has 24 heavy (non-hydrogen) atoms. The second-order valence-electron chi connectivity index (χ2n) is 5.93. The molecule has 6 heteroatoms. The van der Waals surface area contributed by atoms with E-state index in [9.17, 15) is 4.79 Å². The molecule has 0 N–H and O–H groups in total. The summed E-state index contributed by atoms with van der Waals surface area (Å²) in [6.07, 6.45) is 0.985. The predicted octanol–water partition coefficient (Wildman–Crippen LogP) is 4.69. The van der Waals surface area contributed by atoms with Crippen LogP contribution in [0.1, 0.15) is 22.9 Å². The number of rotatable bonds is 2. The van der Waals surface area contributed by atoms with Crippen LogP contribution in [0.4, 0.5) is 5.69 Å². The van der Waals surface area contributed by atoms with Crippen molar-refractivity contribution in [1.29, 1.82) is 0 Å². The van der Waals surface area contributed by atoms with Gasteiger partial charge in [-0.1, -0.05) is 41.7 Å². The quantitative estimate of drug-likeness (QED) is 0.764. The Balaban J connectivity index is 1.42. The molecule has 0 saturated carbocycles. The number of carbonyl (C=O) groups is 1. The Labute approximate surface area is 154 Å². The van der Waals surface area contributed by atoms with Gasteiger partial charge in [-0.2, -0.15) is 0 Å². The summed E-state index contributed by atoms with van der Waals surface area (Å²) in [4.78, 5) is 20.9. The van der Waals surface area contributed by atoms with Crippen molar-refractivity contribution in [3.05, 3.63) is 51.7 Å². The van der Waals surface area contributed by atoms with Gasteiger partial charge >= 0.3 is 0 Å². The van der Waals surface area contributed by atoms with E-state index in [2.05, 4.69) is 17.5 Å². The Kier molecular flexibility index (Phi) is 4.70. The van der Waals surface area contributed by atoms with Crippen molar-refractivity contribution in [1.82, 2.24) is 4.90 Å². The zero-order valence-electron chi connectivity index (χ0n) is 13.4. The van der Waals surface area contributed by atoms with Crippen LogP contribution < -0.4 is 0 Å². The lowest BCUT2D eigenvalue weighted by Gasteiger charge is -2.29. The molecule has 0 bridgehead atoms. The number of thiophene rings is 1. The Morgan fingerprint density at radius 2 is 2.17 bits per heavy atom. The van der Waals surface area contributed by atoms with E-state index >= 15 is 0 Å². The van der Waals surface area contributed by atoms with Gasteiger partial charge < -0.3 is 4.90 Å². The zero-order valence-corrected chi connectivity index (χ0v) is 15.8. The number of aliphatic imine (C=N–C) groups is 1. The van der Waals surface area contributed by atoms with E-state index in [1.807, 2.05) is 30.0 Å². The van der Waals surface area contributed by atoms with Gasteiger partial charge in [-0.3, -0.25) is 4.79 Å². The highest BCUT2D eigenvalue weighted by Crippen LogP contribution is 2.36. The predicted molar refractivity (Wildman–Crippen MR) is 105 cm³/mol. The van der Waals surface area contributed by atoms with Gasteiger partial charge in [0, 0.05) is 23.7 Å². The molecule has 1 aromatic heterocycles. The van der Waals surface area contributed by atoms with E-state index in [-0.39, 0.29) is 11.2 Å². The topological polar surface area (TPSA) is 32.7 Å². The summed E-state index contributed by atoms with van der Waals surface area (Å²) in [5.41, 5.74) is 3.63. The molecule has 0 radical (unpaired) electrons. The van der Waals surface area contributed by atoms with Crippen molar-refractivity contribution in [2.24, 2.45) is 4.99 Å². The second kappa shape index (κ2) is 6.94. The van der Waals surface area contributed by atoms with Gasteiger partial charge in [0.05, 0.1) is 10.9 Å². The lowest BCUT2D eigenvalue weighted by molar-refractivity contribution is -0.131. The highest BCUT2D eigenvalue weighted by molar-refractivity contribution is 8.39. The summed E-state index contributed by atoms with van der Waals surface area (Å²) in [5, 5.41) is 2.03.